The van der Waals surface area contributed by atoms with Crippen LogP contribution in [0, 0.1) is 12.1 Å². The van der Waals surface area contributed by atoms with Gasteiger partial charge in [-0.25, -0.2) is 0 Å². The first-order valence-corrected chi connectivity index (χ1v) is 10.9. The molecular formula is C30H26O4Ti. The maximum absolute atomic E-state index is 9.00. The summed E-state index contributed by atoms with van der Waals surface area (Å²) >= 11 is 0. The molecule has 2 N–H and O–H groups in total. The van der Waals surface area contributed by atoms with Crippen LogP contribution in [0.4, 0.5) is 0 Å². The fourth-order valence-electron chi connectivity index (χ4n) is 4.00. The van der Waals surface area contributed by atoms with Gasteiger partial charge in [0.15, 0.2) is 0 Å². The van der Waals surface area contributed by atoms with Gasteiger partial charge in [-0.05, 0) is 12.8 Å². The van der Waals surface area contributed by atoms with Crippen molar-refractivity contribution < 1.29 is 41.5 Å². The van der Waals surface area contributed by atoms with E-state index in [1.165, 1.54) is 44.5 Å². The minimum Gasteiger partial charge on any atom is -0.481 e. The van der Waals surface area contributed by atoms with Crippen LogP contribution in [0.2, 0.25) is 0 Å². The number of aliphatic carboxylic acids is 2. The Morgan fingerprint density at radius 3 is 1.29 bits per heavy atom. The zero-order valence-electron chi connectivity index (χ0n) is 19.7. The topological polar surface area (TPSA) is 74.6 Å². The minimum atomic E-state index is -0.833. The number of carbonyl (C=O) groups is 2. The predicted molar refractivity (Wildman–Crippen MR) is 134 cm³/mol. The number of benzene rings is 4. The number of hydrogen-bond donors (Lipinski definition) is 2. The number of hydrogen-bond acceptors (Lipinski definition) is 2. The molecular weight excluding hydrogens is 472 g/mol. The summed E-state index contributed by atoms with van der Waals surface area (Å²) in [4.78, 5) is 18.0. The normalized spacial score (nSPS) is 10.6. The van der Waals surface area contributed by atoms with E-state index in [0.717, 1.165) is 26.7 Å². The van der Waals surface area contributed by atoms with Crippen molar-refractivity contribution >= 4 is 11.9 Å². The second-order valence-electron chi connectivity index (χ2n) is 7.83. The summed E-state index contributed by atoms with van der Waals surface area (Å²) in [6.07, 6.45) is 2.10. The number of carboxylic acids is 2. The Balaban J connectivity index is 0.000000187. The molecule has 6 rings (SSSR count). The van der Waals surface area contributed by atoms with Crippen LogP contribution >= 0.6 is 0 Å². The Bertz CT molecular complexity index is 1100. The third-order valence-electron chi connectivity index (χ3n) is 5.23. The summed E-state index contributed by atoms with van der Waals surface area (Å²) in [6.45, 7) is 2.17. The zero-order valence-corrected chi connectivity index (χ0v) is 21.3. The van der Waals surface area contributed by atoms with Crippen LogP contribution in [0.15, 0.2) is 84.9 Å². The first kappa shape index (κ1) is 27.8. The molecule has 0 spiro atoms. The fraction of sp³-hybridized carbons (Fsp3) is 0.133. The molecule has 0 radical (unpaired) electrons. The second kappa shape index (κ2) is 13.4. The predicted octanol–water partition coefficient (Wildman–Crippen LogP) is 6.30. The van der Waals surface area contributed by atoms with Crippen LogP contribution in [0.3, 0.4) is 0 Å². The average molecular weight is 498 g/mol. The molecule has 174 valence electrons. The van der Waals surface area contributed by atoms with E-state index in [1.807, 2.05) is 12.1 Å². The molecule has 0 amide bonds. The SMILES string of the molecule is CC(=O)O.CC(=O)O.[Ti+2].[c-]1cccc2c1Cc1ccccc1-2.[c-]1cccc2c1Cc1ccccc1-2. The molecule has 4 aromatic rings. The average Bonchev–Trinajstić information content (AvgIpc) is 3.37. The first-order chi connectivity index (χ1) is 16.4. The molecule has 2 aliphatic carbocycles. The molecule has 4 aromatic carbocycles. The van der Waals surface area contributed by atoms with Crippen LogP contribution in [-0.2, 0) is 44.1 Å². The van der Waals surface area contributed by atoms with E-state index in [2.05, 4.69) is 84.9 Å². The second-order valence-corrected chi connectivity index (χ2v) is 7.83. The van der Waals surface area contributed by atoms with E-state index in [-0.39, 0.29) is 21.7 Å². The molecule has 0 unspecified atom stereocenters. The van der Waals surface area contributed by atoms with E-state index in [1.54, 1.807) is 0 Å². The summed E-state index contributed by atoms with van der Waals surface area (Å²) in [6, 6.07) is 36.2. The molecule has 0 heterocycles. The van der Waals surface area contributed by atoms with E-state index < -0.39 is 11.9 Å². The summed E-state index contributed by atoms with van der Waals surface area (Å²) in [7, 11) is 0. The van der Waals surface area contributed by atoms with Gasteiger partial charge in [0.2, 0.25) is 0 Å². The van der Waals surface area contributed by atoms with Crippen molar-refractivity contribution in [2.24, 2.45) is 0 Å². The van der Waals surface area contributed by atoms with Gasteiger partial charge >= 0.3 is 21.7 Å². The van der Waals surface area contributed by atoms with Crippen molar-refractivity contribution in [2.75, 3.05) is 0 Å². The largest absolute Gasteiger partial charge is 2.00 e. The van der Waals surface area contributed by atoms with Gasteiger partial charge in [-0.15, -0.1) is 11.1 Å². The van der Waals surface area contributed by atoms with Gasteiger partial charge in [0.05, 0.1) is 0 Å². The van der Waals surface area contributed by atoms with Gasteiger partial charge in [-0.3, -0.25) is 9.59 Å². The van der Waals surface area contributed by atoms with Crippen LogP contribution in [0.1, 0.15) is 36.1 Å². The van der Waals surface area contributed by atoms with Crippen LogP contribution in [0.25, 0.3) is 22.3 Å². The van der Waals surface area contributed by atoms with Crippen molar-refractivity contribution in [3.05, 3.63) is 119 Å². The van der Waals surface area contributed by atoms with Gasteiger partial charge in [-0.1, -0.05) is 70.8 Å². The van der Waals surface area contributed by atoms with Gasteiger partial charge < -0.3 is 10.2 Å². The molecule has 4 nitrogen and oxygen atoms in total. The Morgan fingerprint density at radius 2 is 0.914 bits per heavy atom. The molecule has 35 heavy (non-hydrogen) atoms. The third-order valence-corrected chi connectivity index (χ3v) is 5.23. The van der Waals surface area contributed by atoms with Crippen LogP contribution in [-0.4, -0.2) is 22.2 Å². The molecule has 0 bridgehead atoms. The van der Waals surface area contributed by atoms with Gasteiger partial charge in [0.25, 0.3) is 11.9 Å². The van der Waals surface area contributed by atoms with E-state index in [0.29, 0.717) is 0 Å². The van der Waals surface area contributed by atoms with Crippen LogP contribution < -0.4 is 0 Å². The molecule has 2 aliphatic rings. The molecule has 0 aliphatic heterocycles. The summed E-state index contributed by atoms with van der Waals surface area (Å²) in [5.41, 5.74) is 11.0. The molecule has 0 saturated carbocycles. The van der Waals surface area contributed by atoms with E-state index in [4.69, 9.17) is 19.8 Å². The quantitative estimate of drug-likeness (QED) is 0.191. The molecule has 5 heteroatoms. The smallest absolute Gasteiger partial charge is 0.481 e. The Hall–Kier alpha value is -3.47. The molecule has 0 atom stereocenters. The number of fused-ring (bicyclic) bond motifs is 6. The first-order valence-electron chi connectivity index (χ1n) is 10.9. The van der Waals surface area contributed by atoms with Crippen molar-refractivity contribution in [3.8, 4) is 22.3 Å². The third kappa shape index (κ3) is 7.78. The standard InChI is InChI=1S/2C13H9.2C2H4O2.Ti/c2*1-3-7-12-10(5-1)9-11-6-2-4-8-13(11)12;2*1-2(3)4;/h2*1-5,7-8H,9H2;2*1H3,(H,3,4);/q2*-1;;;+2. The summed E-state index contributed by atoms with van der Waals surface area (Å²) < 4.78 is 0. The van der Waals surface area contributed by atoms with Gasteiger partial charge in [0, 0.05) is 13.8 Å². The maximum atomic E-state index is 9.00. The van der Waals surface area contributed by atoms with Crippen molar-refractivity contribution in [3.63, 3.8) is 0 Å². The summed E-state index contributed by atoms with van der Waals surface area (Å²) in [5, 5.41) is 14.8. The maximum Gasteiger partial charge on any atom is 2.00 e. The Morgan fingerprint density at radius 1 is 0.600 bits per heavy atom. The summed E-state index contributed by atoms with van der Waals surface area (Å²) in [5.74, 6) is -1.67. The van der Waals surface area contributed by atoms with Crippen molar-refractivity contribution in [1.82, 2.24) is 0 Å². The van der Waals surface area contributed by atoms with E-state index >= 15 is 0 Å². The van der Waals surface area contributed by atoms with Crippen LogP contribution in [0.5, 0.6) is 0 Å². The molecule has 0 saturated heterocycles. The van der Waals surface area contributed by atoms with Crippen molar-refractivity contribution in [1.29, 1.82) is 0 Å². The fourth-order valence-corrected chi connectivity index (χ4v) is 4.00. The Kier molecular flexibility index (Phi) is 10.7. The number of carboxylic acid groups (broad SMARTS) is 2. The minimum absolute atomic E-state index is 0. The van der Waals surface area contributed by atoms with Gasteiger partial charge in [-0.2, -0.15) is 59.7 Å². The van der Waals surface area contributed by atoms with Crippen molar-refractivity contribution in [2.45, 2.75) is 26.7 Å². The molecule has 0 aromatic heterocycles. The Labute approximate surface area is 221 Å². The van der Waals surface area contributed by atoms with E-state index in [9.17, 15) is 0 Å². The molecule has 0 fully saturated rings. The zero-order chi connectivity index (χ0) is 24.5. The van der Waals surface area contributed by atoms with Gasteiger partial charge in [0.1, 0.15) is 0 Å². The number of rotatable bonds is 0. The monoisotopic (exact) mass is 498 g/mol.